The number of aryl methyl sites for hydroxylation is 1. The minimum absolute atomic E-state index is 0.278. The molecule has 3 nitrogen and oxygen atoms in total. The summed E-state index contributed by atoms with van der Waals surface area (Å²) < 4.78 is 13.4. The fraction of sp³-hybridized carbons (Fsp3) is 0.200. The number of benzene rings is 1. The van der Waals surface area contributed by atoms with Gasteiger partial charge in [-0.15, -0.1) is 0 Å². The number of halogens is 1. The van der Waals surface area contributed by atoms with Gasteiger partial charge < -0.3 is 5.32 Å². The van der Waals surface area contributed by atoms with E-state index in [-0.39, 0.29) is 5.82 Å². The molecule has 0 fully saturated rings. The van der Waals surface area contributed by atoms with E-state index in [1.807, 2.05) is 19.2 Å². The van der Waals surface area contributed by atoms with E-state index in [9.17, 15) is 4.39 Å². The first-order chi connectivity index (χ1) is 9.69. The van der Waals surface area contributed by atoms with Gasteiger partial charge in [0.15, 0.2) is 5.82 Å². The van der Waals surface area contributed by atoms with Crippen LogP contribution in [0.25, 0.3) is 22.3 Å². The second-order valence-electron chi connectivity index (χ2n) is 4.56. The van der Waals surface area contributed by atoms with Gasteiger partial charge in [-0.1, -0.05) is 0 Å². The van der Waals surface area contributed by atoms with Gasteiger partial charge in [-0.25, -0.2) is 14.4 Å². The van der Waals surface area contributed by atoms with Gasteiger partial charge >= 0.3 is 0 Å². The van der Waals surface area contributed by atoms with Crippen molar-refractivity contribution in [1.82, 2.24) is 9.97 Å². The molecule has 0 unspecified atom stereocenters. The highest BCUT2D eigenvalue weighted by molar-refractivity contribution is 7.08. The Hall–Kier alpha value is -2.01. The maximum absolute atomic E-state index is 13.4. The summed E-state index contributed by atoms with van der Waals surface area (Å²) in [5, 5.41) is 8.00. The Morgan fingerprint density at radius 2 is 2.10 bits per heavy atom. The van der Waals surface area contributed by atoms with Crippen LogP contribution in [0.1, 0.15) is 12.5 Å². The molecular weight excluding hydrogens is 273 g/mol. The van der Waals surface area contributed by atoms with Crippen LogP contribution in [0, 0.1) is 12.7 Å². The molecule has 0 saturated heterocycles. The number of aromatic nitrogens is 2. The van der Waals surface area contributed by atoms with Gasteiger partial charge in [0.25, 0.3) is 0 Å². The molecule has 0 aliphatic carbocycles. The van der Waals surface area contributed by atoms with Crippen molar-refractivity contribution in [2.24, 2.45) is 0 Å². The summed E-state index contributed by atoms with van der Waals surface area (Å²) in [7, 11) is 0. The average molecular weight is 287 g/mol. The molecule has 20 heavy (non-hydrogen) atoms. The highest BCUT2D eigenvalue weighted by atomic mass is 32.1. The molecule has 0 bridgehead atoms. The molecule has 0 aliphatic heterocycles. The standard InChI is InChI=1S/C15H14FN3S/c1-3-17-14-11-6-10(16)4-5-13(11)18-15(19-14)12-8-20-7-9(12)2/h4-8H,3H2,1-2H3,(H,17,18,19). The van der Waals surface area contributed by atoms with E-state index < -0.39 is 0 Å². The van der Waals surface area contributed by atoms with Gasteiger partial charge in [-0.2, -0.15) is 11.3 Å². The molecule has 0 aliphatic rings. The summed E-state index contributed by atoms with van der Waals surface area (Å²) in [6.45, 7) is 4.75. The van der Waals surface area contributed by atoms with Crippen LogP contribution in [0.2, 0.25) is 0 Å². The van der Waals surface area contributed by atoms with Crippen molar-refractivity contribution in [3.05, 3.63) is 40.3 Å². The van der Waals surface area contributed by atoms with Crippen LogP contribution in [0.15, 0.2) is 29.0 Å². The second-order valence-corrected chi connectivity index (χ2v) is 5.30. The zero-order valence-corrected chi connectivity index (χ0v) is 12.1. The topological polar surface area (TPSA) is 37.8 Å². The van der Waals surface area contributed by atoms with E-state index in [2.05, 4.69) is 20.7 Å². The molecule has 0 radical (unpaired) electrons. The summed E-state index contributed by atoms with van der Waals surface area (Å²) in [4.78, 5) is 9.10. The van der Waals surface area contributed by atoms with Crippen molar-refractivity contribution in [3.8, 4) is 11.4 Å². The van der Waals surface area contributed by atoms with Crippen LogP contribution in [0.3, 0.4) is 0 Å². The largest absolute Gasteiger partial charge is 0.370 e. The molecule has 0 atom stereocenters. The van der Waals surface area contributed by atoms with Crippen molar-refractivity contribution in [3.63, 3.8) is 0 Å². The van der Waals surface area contributed by atoms with E-state index in [1.165, 1.54) is 12.1 Å². The van der Waals surface area contributed by atoms with E-state index in [0.717, 1.165) is 23.2 Å². The molecule has 1 N–H and O–H groups in total. The Kier molecular flexibility index (Phi) is 3.36. The van der Waals surface area contributed by atoms with Crippen LogP contribution in [0.4, 0.5) is 10.2 Å². The number of anilines is 1. The summed E-state index contributed by atoms with van der Waals surface area (Å²) >= 11 is 1.63. The lowest BCUT2D eigenvalue weighted by Gasteiger charge is -2.09. The number of rotatable bonds is 3. The molecule has 2 aromatic heterocycles. The van der Waals surface area contributed by atoms with Crippen molar-refractivity contribution >= 4 is 28.1 Å². The fourth-order valence-electron chi connectivity index (χ4n) is 2.11. The van der Waals surface area contributed by atoms with E-state index in [0.29, 0.717) is 17.0 Å². The summed E-state index contributed by atoms with van der Waals surface area (Å²) in [6.07, 6.45) is 0. The lowest BCUT2D eigenvalue weighted by molar-refractivity contribution is 0.629. The van der Waals surface area contributed by atoms with Gasteiger partial charge in [-0.05, 0) is 43.0 Å². The zero-order chi connectivity index (χ0) is 14.1. The average Bonchev–Trinajstić information content (AvgIpc) is 2.85. The van der Waals surface area contributed by atoms with Gasteiger partial charge in [0, 0.05) is 22.9 Å². The van der Waals surface area contributed by atoms with E-state index >= 15 is 0 Å². The van der Waals surface area contributed by atoms with Gasteiger partial charge in [0.05, 0.1) is 5.52 Å². The Balaban J connectivity index is 2.25. The fourth-order valence-corrected chi connectivity index (χ4v) is 2.94. The number of nitrogens with one attached hydrogen (secondary N) is 1. The van der Waals surface area contributed by atoms with Crippen molar-refractivity contribution < 1.29 is 4.39 Å². The molecule has 0 saturated carbocycles. The third-order valence-corrected chi connectivity index (χ3v) is 3.96. The number of hydrogen-bond donors (Lipinski definition) is 1. The van der Waals surface area contributed by atoms with Crippen LogP contribution in [-0.4, -0.2) is 16.5 Å². The maximum atomic E-state index is 13.4. The smallest absolute Gasteiger partial charge is 0.163 e. The first-order valence-corrected chi connectivity index (χ1v) is 7.37. The minimum atomic E-state index is -0.278. The first kappa shape index (κ1) is 13.0. The molecule has 1 aromatic carbocycles. The highest BCUT2D eigenvalue weighted by Gasteiger charge is 2.12. The Morgan fingerprint density at radius 3 is 2.80 bits per heavy atom. The molecule has 3 aromatic rings. The molecule has 0 spiro atoms. The lowest BCUT2D eigenvalue weighted by Crippen LogP contribution is -2.03. The number of nitrogens with zero attached hydrogens (tertiary/aromatic N) is 2. The molecule has 102 valence electrons. The number of hydrogen-bond acceptors (Lipinski definition) is 4. The van der Waals surface area contributed by atoms with E-state index in [4.69, 9.17) is 0 Å². The Bertz CT molecular complexity index is 767. The third kappa shape index (κ3) is 2.25. The maximum Gasteiger partial charge on any atom is 0.163 e. The normalized spacial score (nSPS) is 10.9. The van der Waals surface area contributed by atoms with Crippen LogP contribution < -0.4 is 5.32 Å². The first-order valence-electron chi connectivity index (χ1n) is 6.43. The minimum Gasteiger partial charge on any atom is -0.370 e. The molecule has 0 amide bonds. The van der Waals surface area contributed by atoms with Crippen molar-refractivity contribution in [2.75, 3.05) is 11.9 Å². The molecule has 2 heterocycles. The monoisotopic (exact) mass is 287 g/mol. The van der Waals surface area contributed by atoms with Gasteiger partial charge in [-0.3, -0.25) is 0 Å². The van der Waals surface area contributed by atoms with Gasteiger partial charge in [0.2, 0.25) is 0 Å². The van der Waals surface area contributed by atoms with Crippen LogP contribution in [-0.2, 0) is 0 Å². The quantitative estimate of drug-likeness (QED) is 0.783. The second kappa shape index (κ2) is 5.17. The highest BCUT2D eigenvalue weighted by Crippen LogP contribution is 2.29. The molecule has 5 heteroatoms. The Labute approximate surface area is 120 Å². The zero-order valence-electron chi connectivity index (χ0n) is 11.3. The van der Waals surface area contributed by atoms with E-state index in [1.54, 1.807) is 17.4 Å². The summed E-state index contributed by atoms with van der Waals surface area (Å²) in [5.74, 6) is 1.08. The summed E-state index contributed by atoms with van der Waals surface area (Å²) in [6, 6.07) is 4.59. The predicted molar refractivity (Wildman–Crippen MR) is 81.7 cm³/mol. The number of thiophene rings is 1. The van der Waals surface area contributed by atoms with Crippen molar-refractivity contribution in [1.29, 1.82) is 0 Å². The van der Waals surface area contributed by atoms with Crippen LogP contribution >= 0.6 is 11.3 Å². The third-order valence-electron chi connectivity index (χ3n) is 3.10. The predicted octanol–water partition coefficient (Wildman–Crippen LogP) is 4.24. The SMILES string of the molecule is CCNc1nc(-c2cscc2C)nc2ccc(F)cc12. The summed E-state index contributed by atoms with van der Waals surface area (Å²) in [5.41, 5.74) is 2.93. The number of fused-ring (bicyclic) bond motifs is 1. The molecule has 3 rings (SSSR count). The molecular formula is C15H14FN3S. The van der Waals surface area contributed by atoms with Gasteiger partial charge in [0.1, 0.15) is 11.6 Å². The Morgan fingerprint density at radius 1 is 1.25 bits per heavy atom. The van der Waals surface area contributed by atoms with Crippen molar-refractivity contribution in [2.45, 2.75) is 13.8 Å². The van der Waals surface area contributed by atoms with Crippen LogP contribution in [0.5, 0.6) is 0 Å². The lowest BCUT2D eigenvalue weighted by atomic mass is 10.2.